The molecule has 1 aromatic heterocycles. The molecule has 0 saturated carbocycles. The minimum absolute atomic E-state index is 0.0631. The average molecular weight is 183 g/mol. The normalized spacial score (nSPS) is 10.8. The molecule has 1 aromatic rings. The molecule has 0 radical (unpaired) electrons. The van der Waals surface area contributed by atoms with E-state index in [2.05, 4.69) is 4.98 Å². The number of hydrogen-bond acceptors (Lipinski definition) is 4. The standard InChI is InChI=1S/C9H13NO3/c1-12-9(13-2)8-3-4-10-5-7(8)6-11/h3-5,9,11H,6H2,1-2H3. The third-order valence-electron chi connectivity index (χ3n) is 1.79. The molecular formula is C9H13NO3. The zero-order valence-electron chi connectivity index (χ0n) is 7.73. The molecule has 0 aliphatic rings. The lowest BCUT2D eigenvalue weighted by Crippen LogP contribution is -2.07. The van der Waals surface area contributed by atoms with Crippen LogP contribution in [0, 0.1) is 0 Å². The largest absolute Gasteiger partial charge is 0.392 e. The molecule has 0 aliphatic heterocycles. The zero-order valence-corrected chi connectivity index (χ0v) is 7.73. The molecule has 1 N–H and O–H groups in total. The fourth-order valence-electron chi connectivity index (χ4n) is 1.15. The van der Waals surface area contributed by atoms with Crippen molar-refractivity contribution < 1.29 is 14.6 Å². The summed E-state index contributed by atoms with van der Waals surface area (Å²) in [6.45, 7) is -0.0631. The summed E-state index contributed by atoms with van der Waals surface area (Å²) >= 11 is 0. The Morgan fingerprint density at radius 3 is 2.69 bits per heavy atom. The van der Waals surface area contributed by atoms with Crippen LogP contribution in [0.4, 0.5) is 0 Å². The van der Waals surface area contributed by atoms with Gasteiger partial charge in [-0.15, -0.1) is 0 Å². The van der Waals surface area contributed by atoms with Crippen molar-refractivity contribution in [1.82, 2.24) is 4.98 Å². The van der Waals surface area contributed by atoms with Crippen molar-refractivity contribution in [2.45, 2.75) is 12.9 Å². The minimum atomic E-state index is -0.440. The number of nitrogens with zero attached hydrogens (tertiary/aromatic N) is 1. The highest BCUT2D eigenvalue weighted by molar-refractivity contribution is 5.23. The number of aliphatic hydroxyl groups is 1. The molecule has 13 heavy (non-hydrogen) atoms. The Morgan fingerprint density at radius 2 is 2.15 bits per heavy atom. The van der Waals surface area contributed by atoms with E-state index in [1.165, 1.54) is 0 Å². The van der Waals surface area contributed by atoms with Crippen LogP contribution in [0.25, 0.3) is 0 Å². The fraction of sp³-hybridized carbons (Fsp3) is 0.444. The summed E-state index contributed by atoms with van der Waals surface area (Å²) in [4.78, 5) is 3.90. The van der Waals surface area contributed by atoms with Crippen molar-refractivity contribution in [3.63, 3.8) is 0 Å². The van der Waals surface area contributed by atoms with Gasteiger partial charge in [0, 0.05) is 37.7 Å². The SMILES string of the molecule is COC(OC)c1ccncc1CO. The fourth-order valence-corrected chi connectivity index (χ4v) is 1.15. The van der Waals surface area contributed by atoms with Crippen LogP contribution in [-0.4, -0.2) is 24.3 Å². The molecule has 0 unspecified atom stereocenters. The molecule has 1 heterocycles. The van der Waals surface area contributed by atoms with Crippen LogP contribution in [-0.2, 0) is 16.1 Å². The van der Waals surface area contributed by atoms with Gasteiger partial charge in [0.1, 0.15) is 0 Å². The van der Waals surface area contributed by atoms with Crippen LogP contribution in [0.5, 0.6) is 0 Å². The number of aliphatic hydroxyl groups excluding tert-OH is 1. The molecule has 72 valence electrons. The van der Waals surface area contributed by atoms with Gasteiger partial charge in [-0.25, -0.2) is 0 Å². The maximum absolute atomic E-state index is 9.01. The van der Waals surface area contributed by atoms with Gasteiger partial charge < -0.3 is 14.6 Å². The molecular weight excluding hydrogens is 170 g/mol. The number of methoxy groups -OCH3 is 2. The van der Waals surface area contributed by atoms with Crippen molar-refractivity contribution in [2.24, 2.45) is 0 Å². The van der Waals surface area contributed by atoms with Crippen molar-refractivity contribution in [3.8, 4) is 0 Å². The molecule has 0 saturated heterocycles. The zero-order chi connectivity index (χ0) is 9.68. The Morgan fingerprint density at radius 1 is 1.46 bits per heavy atom. The molecule has 4 heteroatoms. The third-order valence-corrected chi connectivity index (χ3v) is 1.79. The predicted molar refractivity (Wildman–Crippen MR) is 46.9 cm³/mol. The lowest BCUT2D eigenvalue weighted by molar-refractivity contribution is -0.106. The van der Waals surface area contributed by atoms with Crippen LogP contribution in [0.15, 0.2) is 18.5 Å². The second-order valence-electron chi connectivity index (χ2n) is 2.54. The van der Waals surface area contributed by atoms with Gasteiger partial charge >= 0.3 is 0 Å². The van der Waals surface area contributed by atoms with Crippen molar-refractivity contribution in [2.75, 3.05) is 14.2 Å². The average Bonchev–Trinajstić information content (AvgIpc) is 2.20. The summed E-state index contributed by atoms with van der Waals surface area (Å²) in [7, 11) is 3.10. The Hall–Kier alpha value is -0.970. The highest BCUT2D eigenvalue weighted by atomic mass is 16.7. The topological polar surface area (TPSA) is 51.6 Å². The summed E-state index contributed by atoms with van der Waals surface area (Å²) in [6.07, 6.45) is 2.80. The monoisotopic (exact) mass is 183 g/mol. The van der Waals surface area contributed by atoms with Gasteiger partial charge in [0.2, 0.25) is 0 Å². The molecule has 0 spiro atoms. The number of ether oxygens (including phenoxy) is 2. The molecule has 0 aliphatic carbocycles. The number of aromatic nitrogens is 1. The van der Waals surface area contributed by atoms with Crippen molar-refractivity contribution >= 4 is 0 Å². The summed E-state index contributed by atoms with van der Waals surface area (Å²) < 4.78 is 10.1. The highest BCUT2D eigenvalue weighted by Crippen LogP contribution is 2.20. The lowest BCUT2D eigenvalue weighted by Gasteiger charge is -2.15. The lowest BCUT2D eigenvalue weighted by atomic mass is 10.1. The first kappa shape index (κ1) is 10.1. The third kappa shape index (κ3) is 2.24. The molecule has 1 rings (SSSR count). The maximum atomic E-state index is 9.01. The first-order valence-electron chi connectivity index (χ1n) is 3.92. The Kier molecular flexibility index (Phi) is 3.82. The smallest absolute Gasteiger partial charge is 0.183 e. The van der Waals surface area contributed by atoms with Gasteiger partial charge in [-0.1, -0.05) is 0 Å². The van der Waals surface area contributed by atoms with E-state index in [1.807, 2.05) is 0 Å². The van der Waals surface area contributed by atoms with Gasteiger partial charge in [0.15, 0.2) is 6.29 Å². The van der Waals surface area contributed by atoms with Crippen LogP contribution in [0.1, 0.15) is 17.4 Å². The van der Waals surface area contributed by atoms with Gasteiger partial charge in [-0.3, -0.25) is 4.98 Å². The number of hydrogen-bond donors (Lipinski definition) is 1. The van der Waals surface area contributed by atoms with Gasteiger partial charge in [0.25, 0.3) is 0 Å². The van der Waals surface area contributed by atoms with E-state index in [0.717, 1.165) is 11.1 Å². The quantitative estimate of drug-likeness (QED) is 0.703. The maximum Gasteiger partial charge on any atom is 0.183 e. The Labute approximate surface area is 77.1 Å². The molecule has 0 fully saturated rings. The van der Waals surface area contributed by atoms with Crippen LogP contribution < -0.4 is 0 Å². The van der Waals surface area contributed by atoms with E-state index in [1.54, 1.807) is 32.7 Å². The van der Waals surface area contributed by atoms with E-state index in [-0.39, 0.29) is 6.61 Å². The molecule has 4 nitrogen and oxygen atoms in total. The van der Waals surface area contributed by atoms with Crippen LogP contribution in [0.3, 0.4) is 0 Å². The minimum Gasteiger partial charge on any atom is -0.392 e. The molecule has 0 aromatic carbocycles. The van der Waals surface area contributed by atoms with Gasteiger partial charge in [0.05, 0.1) is 6.61 Å². The highest BCUT2D eigenvalue weighted by Gasteiger charge is 2.12. The summed E-state index contributed by atoms with van der Waals surface area (Å²) in [6, 6.07) is 1.77. The second-order valence-corrected chi connectivity index (χ2v) is 2.54. The van der Waals surface area contributed by atoms with Crippen molar-refractivity contribution in [3.05, 3.63) is 29.6 Å². The number of rotatable bonds is 4. The summed E-state index contributed by atoms with van der Waals surface area (Å²) in [5, 5.41) is 9.01. The first-order valence-corrected chi connectivity index (χ1v) is 3.92. The first-order chi connectivity index (χ1) is 6.33. The molecule has 0 amide bonds. The number of pyridine rings is 1. The van der Waals surface area contributed by atoms with E-state index in [0.29, 0.717) is 0 Å². The van der Waals surface area contributed by atoms with Crippen LogP contribution >= 0.6 is 0 Å². The second kappa shape index (κ2) is 4.91. The van der Waals surface area contributed by atoms with Gasteiger partial charge in [-0.2, -0.15) is 0 Å². The van der Waals surface area contributed by atoms with Crippen LogP contribution in [0.2, 0.25) is 0 Å². The summed E-state index contributed by atoms with van der Waals surface area (Å²) in [5.41, 5.74) is 1.53. The Balaban J connectivity index is 2.96. The van der Waals surface area contributed by atoms with Gasteiger partial charge in [-0.05, 0) is 6.07 Å². The molecule has 0 atom stereocenters. The predicted octanol–water partition coefficient (Wildman–Crippen LogP) is 0.865. The van der Waals surface area contributed by atoms with E-state index in [9.17, 15) is 0 Å². The Bertz CT molecular complexity index is 261. The van der Waals surface area contributed by atoms with E-state index >= 15 is 0 Å². The molecule has 0 bridgehead atoms. The van der Waals surface area contributed by atoms with Crippen molar-refractivity contribution in [1.29, 1.82) is 0 Å². The summed E-state index contributed by atoms with van der Waals surface area (Å²) in [5.74, 6) is 0. The van der Waals surface area contributed by atoms with E-state index in [4.69, 9.17) is 14.6 Å². The van der Waals surface area contributed by atoms with E-state index < -0.39 is 6.29 Å².